The molecule has 1 aliphatic carbocycles. The molecule has 1 atom stereocenters. The van der Waals surface area contributed by atoms with Gasteiger partial charge in [0.05, 0.1) is 5.52 Å². The number of nitrogens with one attached hydrogen (secondary N) is 1. The molecule has 1 saturated carbocycles. The van der Waals surface area contributed by atoms with Crippen LogP contribution in [0.2, 0.25) is 0 Å². The number of carbonyl (C=O) groups excluding carboxylic acids is 1. The molecule has 23 heavy (non-hydrogen) atoms. The molecule has 0 bridgehead atoms. The summed E-state index contributed by atoms with van der Waals surface area (Å²) >= 11 is 0. The van der Waals surface area contributed by atoms with Crippen molar-refractivity contribution in [3.8, 4) is 0 Å². The average Bonchev–Trinajstić information content (AvgIpc) is 2.86. The number of hydrazone groups is 1. The summed E-state index contributed by atoms with van der Waals surface area (Å²) < 4.78 is 1.60. The third-order valence-corrected chi connectivity index (χ3v) is 4.22. The molecule has 0 aliphatic heterocycles. The van der Waals surface area contributed by atoms with Gasteiger partial charge >= 0.3 is 0 Å². The fraction of sp³-hybridized carbons (Fsp3) is 0.529. The maximum absolute atomic E-state index is 12.1. The van der Waals surface area contributed by atoms with Gasteiger partial charge in [0, 0.05) is 5.71 Å². The Hall–Kier alpha value is -2.24. The molecular formula is C17H23N5O. The molecule has 6 nitrogen and oxygen atoms in total. The number of hydrogen-bond donors (Lipinski definition) is 1. The van der Waals surface area contributed by atoms with Crippen molar-refractivity contribution in [2.24, 2.45) is 16.4 Å². The number of hydrogen-bond acceptors (Lipinski definition) is 4. The van der Waals surface area contributed by atoms with Gasteiger partial charge in [0.15, 0.2) is 0 Å². The Balaban J connectivity index is 1.64. The van der Waals surface area contributed by atoms with Crippen LogP contribution in [0.1, 0.15) is 40.0 Å². The minimum Gasteiger partial charge on any atom is -0.271 e. The Morgan fingerprint density at radius 1 is 1.43 bits per heavy atom. The Morgan fingerprint density at radius 3 is 3.00 bits per heavy atom. The predicted molar refractivity (Wildman–Crippen MR) is 89.9 cm³/mol. The molecule has 2 aromatic rings. The van der Waals surface area contributed by atoms with Crippen molar-refractivity contribution in [2.75, 3.05) is 0 Å². The lowest BCUT2D eigenvalue weighted by Crippen LogP contribution is -2.31. The van der Waals surface area contributed by atoms with Gasteiger partial charge in [0.2, 0.25) is 0 Å². The molecule has 1 aromatic heterocycles. The quantitative estimate of drug-likeness (QED) is 0.886. The van der Waals surface area contributed by atoms with Crippen molar-refractivity contribution in [3.05, 3.63) is 24.3 Å². The summed E-state index contributed by atoms with van der Waals surface area (Å²) in [5.41, 5.74) is 5.64. The highest BCUT2D eigenvalue weighted by atomic mass is 16.2. The lowest BCUT2D eigenvalue weighted by atomic mass is 9.72. The van der Waals surface area contributed by atoms with E-state index in [0.29, 0.717) is 5.92 Å². The topological polar surface area (TPSA) is 72.2 Å². The summed E-state index contributed by atoms with van der Waals surface area (Å²) in [7, 11) is 0. The van der Waals surface area contributed by atoms with Crippen molar-refractivity contribution in [1.82, 2.24) is 20.4 Å². The normalized spacial score (nSPS) is 22.4. The van der Waals surface area contributed by atoms with E-state index in [1.54, 1.807) is 4.68 Å². The zero-order chi connectivity index (χ0) is 16.4. The molecule has 0 saturated heterocycles. The van der Waals surface area contributed by atoms with E-state index in [0.717, 1.165) is 29.6 Å². The van der Waals surface area contributed by atoms with Crippen molar-refractivity contribution >= 4 is 22.7 Å². The second-order valence-corrected chi connectivity index (χ2v) is 7.30. The maximum Gasteiger partial charge on any atom is 0.261 e. The largest absolute Gasteiger partial charge is 0.271 e. The van der Waals surface area contributed by atoms with E-state index in [1.165, 1.54) is 6.42 Å². The third-order valence-electron chi connectivity index (χ3n) is 4.22. The van der Waals surface area contributed by atoms with E-state index in [1.807, 2.05) is 24.3 Å². The van der Waals surface area contributed by atoms with E-state index < -0.39 is 0 Å². The van der Waals surface area contributed by atoms with Gasteiger partial charge in [-0.2, -0.15) is 5.10 Å². The number of para-hydroxylation sites is 1. The maximum atomic E-state index is 12.1. The number of amides is 1. The van der Waals surface area contributed by atoms with Crippen LogP contribution in [-0.2, 0) is 11.3 Å². The Bertz CT molecular complexity index is 746. The van der Waals surface area contributed by atoms with Gasteiger partial charge < -0.3 is 0 Å². The van der Waals surface area contributed by atoms with E-state index in [4.69, 9.17) is 0 Å². The van der Waals surface area contributed by atoms with Crippen LogP contribution in [0.5, 0.6) is 0 Å². The molecule has 1 heterocycles. The van der Waals surface area contributed by atoms with Gasteiger partial charge in [-0.15, -0.1) is 5.10 Å². The van der Waals surface area contributed by atoms with Gasteiger partial charge in [-0.3, -0.25) is 4.79 Å². The predicted octanol–water partition coefficient (Wildman–Crippen LogP) is 2.75. The van der Waals surface area contributed by atoms with Crippen LogP contribution in [0.3, 0.4) is 0 Å². The first kappa shape index (κ1) is 15.6. The van der Waals surface area contributed by atoms with E-state index >= 15 is 0 Å². The van der Waals surface area contributed by atoms with Gasteiger partial charge in [0.25, 0.3) is 5.91 Å². The fourth-order valence-corrected chi connectivity index (χ4v) is 3.55. The number of benzene rings is 1. The first-order valence-corrected chi connectivity index (χ1v) is 8.05. The van der Waals surface area contributed by atoms with Gasteiger partial charge in [-0.1, -0.05) is 38.1 Å². The minimum absolute atomic E-state index is 0.121. The monoisotopic (exact) mass is 313 g/mol. The summed E-state index contributed by atoms with van der Waals surface area (Å²) in [5, 5.41) is 12.4. The fourth-order valence-electron chi connectivity index (χ4n) is 3.55. The number of aromatic nitrogens is 3. The molecule has 1 aliphatic rings. The van der Waals surface area contributed by atoms with Crippen LogP contribution >= 0.6 is 0 Å². The van der Waals surface area contributed by atoms with Crippen LogP contribution in [0.15, 0.2) is 29.4 Å². The zero-order valence-corrected chi connectivity index (χ0v) is 13.9. The van der Waals surface area contributed by atoms with Crippen LogP contribution in [0.4, 0.5) is 0 Å². The molecular weight excluding hydrogens is 290 g/mol. The second kappa shape index (κ2) is 6.10. The molecule has 3 rings (SSSR count). The van der Waals surface area contributed by atoms with Crippen molar-refractivity contribution in [2.45, 2.75) is 46.6 Å². The summed E-state index contributed by atoms with van der Waals surface area (Å²) in [6.45, 7) is 6.86. The van der Waals surface area contributed by atoms with Crippen molar-refractivity contribution < 1.29 is 4.79 Å². The lowest BCUT2D eigenvalue weighted by Gasteiger charge is -2.34. The van der Waals surface area contributed by atoms with E-state index in [-0.39, 0.29) is 17.9 Å². The standard InChI is InChI=1S/C17H23N5O/c1-12-8-13(10-17(2,3)9-12)18-20-16(23)11-22-15-7-5-4-6-14(15)19-21-22/h4-7,12H,8-11H2,1-3H3,(H,20,23)/b18-13+/t12-/m1/s1. The summed E-state index contributed by atoms with van der Waals surface area (Å²) in [6, 6.07) is 7.59. The lowest BCUT2D eigenvalue weighted by molar-refractivity contribution is -0.121. The van der Waals surface area contributed by atoms with Crippen molar-refractivity contribution in [1.29, 1.82) is 0 Å². The smallest absolute Gasteiger partial charge is 0.261 e. The summed E-state index contributed by atoms with van der Waals surface area (Å²) in [5.74, 6) is 0.429. The van der Waals surface area contributed by atoms with Crippen LogP contribution in [0.25, 0.3) is 11.0 Å². The van der Waals surface area contributed by atoms with Crippen LogP contribution < -0.4 is 5.43 Å². The number of carbonyl (C=O) groups is 1. The molecule has 6 heteroatoms. The molecule has 0 radical (unpaired) electrons. The van der Waals surface area contributed by atoms with E-state index in [2.05, 4.69) is 41.6 Å². The Kier molecular flexibility index (Phi) is 4.15. The first-order valence-electron chi connectivity index (χ1n) is 8.05. The summed E-state index contributed by atoms with van der Waals surface area (Å²) in [4.78, 5) is 12.1. The third kappa shape index (κ3) is 3.75. The highest BCUT2D eigenvalue weighted by Gasteiger charge is 2.29. The number of fused-ring (bicyclic) bond motifs is 1. The highest BCUT2D eigenvalue weighted by Crippen LogP contribution is 2.36. The zero-order valence-electron chi connectivity index (χ0n) is 13.9. The molecule has 0 spiro atoms. The van der Waals surface area contributed by atoms with Gasteiger partial charge in [-0.25, -0.2) is 10.1 Å². The molecule has 1 aromatic carbocycles. The average molecular weight is 313 g/mol. The second-order valence-electron chi connectivity index (χ2n) is 7.30. The molecule has 122 valence electrons. The van der Waals surface area contributed by atoms with Crippen LogP contribution in [-0.4, -0.2) is 26.6 Å². The highest BCUT2D eigenvalue weighted by molar-refractivity contribution is 5.88. The van der Waals surface area contributed by atoms with Crippen LogP contribution in [0, 0.1) is 11.3 Å². The molecule has 1 N–H and O–H groups in total. The summed E-state index contributed by atoms with van der Waals surface area (Å²) in [6.07, 6.45) is 3.09. The first-order chi connectivity index (χ1) is 10.9. The molecule has 1 fully saturated rings. The van der Waals surface area contributed by atoms with Crippen molar-refractivity contribution in [3.63, 3.8) is 0 Å². The Labute approximate surface area is 135 Å². The number of nitrogens with zero attached hydrogens (tertiary/aromatic N) is 4. The molecule has 1 amide bonds. The Morgan fingerprint density at radius 2 is 2.22 bits per heavy atom. The number of rotatable bonds is 3. The van der Waals surface area contributed by atoms with Gasteiger partial charge in [-0.05, 0) is 42.7 Å². The van der Waals surface area contributed by atoms with E-state index in [9.17, 15) is 4.79 Å². The molecule has 0 unspecified atom stereocenters. The minimum atomic E-state index is -0.177. The SMILES string of the molecule is C[C@@H]1C/C(=N\NC(=O)Cn2nnc3ccccc32)CC(C)(C)C1. The van der Waals surface area contributed by atoms with Gasteiger partial charge in [0.1, 0.15) is 12.1 Å².